The lowest BCUT2D eigenvalue weighted by molar-refractivity contribution is 0.194. The van der Waals surface area contributed by atoms with Crippen molar-refractivity contribution in [2.24, 2.45) is 0 Å². The molecule has 4 heteroatoms. The molecule has 0 aliphatic rings. The number of hydrogen-bond acceptors (Lipinski definition) is 3. The Balaban J connectivity index is 3.21. The van der Waals surface area contributed by atoms with Crippen molar-refractivity contribution in [2.75, 3.05) is 7.11 Å². The predicted octanol–water partition coefficient (Wildman–Crippen LogP) is 2.40. The van der Waals surface area contributed by atoms with Crippen molar-refractivity contribution in [1.29, 1.82) is 0 Å². The summed E-state index contributed by atoms with van der Waals surface area (Å²) in [5.41, 5.74) is 1.40. The number of aromatic hydroxyl groups is 1. The molecule has 0 amide bonds. The third-order valence-electron chi connectivity index (χ3n) is 2.24. The molecule has 15 heavy (non-hydrogen) atoms. The zero-order valence-electron chi connectivity index (χ0n) is 9.04. The maximum Gasteiger partial charge on any atom is 0.139 e. The number of benzene rings is 1. The summed E-state index contributed by atoms with van der Waals surface area (Å²) in [4.78, 5) is 0. The van der Waals surface area contributed by atoms with Gasteiger partial charge in [0.1, 0.15) is 11.5 Å². The number of hydrogen-bond donors (Lipinski definition) is 2. The molecule has 0 saturated carbocycles. The number of ether oxygens (including phenoxy) is 1. The lowest BCUT2D eigenvalue weighted by Crippen LogP contribution is -2.05. The highest BCUT2D eigenvalue weighted by Gasteiger charge is 2.14. The number of phenols is 1. The van der Waals surface area contributed by atoms with E-state index in [1.165, 1.54) is 0 Å². The van der Waals surface area contributed by atoms with Crippen LogP contribution >= 0.6 is 15.9 Å². The molecule has 3 nitrogen and oxygen atoms in total. The van der Waals surface area contributed by atoms with Gasteiger partial charge in [0.15, 0.2) is 0 Å². The lowest BCUT2D eigenvalue weighted by Gasteiger charge is -2.14. The largest absolute Gasteiger partial charge is 0.507 e. The van der Waals surface area contributed by atoms with Crippen LogP contribution in [-0.2, 0) is 6.42 Å². The van der Waals surface area contributed by atoms with Gasteiger partial charge < -0.3 is 14.9 Å². The number of methoxy groups -OCH3 is 1. The second-order valence-corrected chi connectivity index (χ2v) is 4.43. The molecule has 1 aromatic carbocycles. The Morgan fingerprint density at radius 2 is 2.13 bits per heavy atom. The predicted molar refractivity (Wildman–Crippen MR) is 62.5 cm³/mol. The average molecular weight is 275 g/mol. The van der Waals surface area contributed by atoms with Crippen LogP contribution in [-0.4, -0.2) is 23.4 Å². The summed E-state index contributed by atoms with van der Waals surface area (Å²) in [6, 6.07) is 1.77. The van der Waals surface area contributed by atoms with Crippen LogP contribution in [0.5, 0.6) is 11.5 Å². The van der Waals surface area contributed by atoms with E-state index < -0.39 is 6.10 Å². The highest BCUT2D eigenvalue weighted by Crippen LogP contribution is 2.37. The number of aliphatic hydroxyl groups excluding tert-OH is 1. The van der Waals surface area contributed by atoms with E-state index in [-0.39, 0.29) is 5.75 Å². The summed E-state index contributed by atoms with van der Waals surface area (Å²) in [6.07, 6.45) is -0.0504. The van der Waals surface area contributed by atoms with Crippen molar-refractivity contribution in [3.05, 3.63) is 21.7 Å². The second kappa shape index (κ2) is 4.86. The summed E-state index contributed by atoms with van der Waals surface area (Å²) < 4.78 is 5.94. The summed E-state index contributed by atoms with van der Waals surface area (Å²) in [7, 11) is 1.56. The second-order valence-electron chi connectivity index (χ2n) is 3.58. The molecular weight excluding hydrogens is 260 g/mol. The molecule has 1 atom stereocenters. The Bertz CT molecular complexity index is 361. The van der Waals surface area contributed by atoms with E-state index in [0.29, 0.717) is 17.7 Å². The van der Waals surface area contributed by atoms with E-state index in [0.717, 1.165) is 10.0 Å². The Kier molecular flexibility index (Phi) is 3.99. The van der Waals surface area contributed by atoms with E-state index in [9.17, 15) is 10.2 Å². The van der Waals surface area contributed by atoms with E-state index in [4.69, 9.17) is 4.74 Å². The van der Waals surface area contributed by atoms with Crippen LogP contribution in [0, 0.1) is 6.92 Å². The normalized spacial score (nSPS) is 12.6. The van der Waals surface area contributed by atoms with E-state index in [1.807, 2.05) is 0 Å². The van der Waals surface area contributed by atoms with Gasteiger partial charge in [-0.1, -0.05) is 0 Å². The van der Waals surface area contributed by atoms with Crippen LogP contribution in [0.3, 0.4) is 0 Å². The van der Waals surface area contributed by atoms with Gasteiger partial charge in [-0.15, -0.1) is 0 Å². The molecule has 0 heterocycles. The molecular formula is C11H15BrO3. The highest BCUT2D eigenvalue weighted by molar-refractivity contribution is 9.10. The van der Waals surface area contributed by atoms with Crippen LogP contribution in [0.15, 0.2) is 10.5 Å². The molecule has 0 fully saturated rings. The molecule has 2 N–H and O–H groups in total. The SMILES string of the molecule is COc1c(Br)cc(CC(C)O)c(O)c1C. The zero-order chi connectivity index (χ0) is 11.6. The maximum absolute atomic E-state index is 9.87. The van der Waals surface area contributed by atoms with E-state index in [2.05, 4.69) is 15.9 Å². The van der Waals surface area contributed by atoms with E-state index >= 15 is 0 Å². The molecule has 0 radical (unpaired) electrons. The summed E-state index contributed by atoms with van der Waals surface area (Å²) in [5.74, 6) is 0.817. The van der Waals surface area contributed by atoms with Crippen molar-refractivity contribution < 1.29 is 14.9 Å². The highest BCUT2D eigenvalue weighted by atomic mass is 79.9. The molecule has 0 bridgehead atoms. The molecule has 0 spiro atoms. The topological polar surface area (TPSA) is 49.7 Å². The van der Waals surface area contributed by atoms with Gasteiger partial charge in [0.05, 0.1) is 17.7 Å². The third kappa shape index (κ3) is 2.63. The summed E-state index contributed by atoms with van der Waals surface area (Å²) >= 11 is 3.36. The Morgan fingerprint density at radius 3 is 2.60 bits per heavy atom. The molecule has 0 aromatic heterocycles. The Labute approximate surface area is 97.8 Å². The van der Waals surface area contributed by atoms with Crippen molar-refractivity contribution >= 4 is 15.9 Å². The Hall–Kier alpha value is -0.740. The standard InChI is InChI=1S/C11H15BrO3/c1-6(13)4-8-5-9(12)11(15-3)7(2)10(8)14/h5-6,13-14H,4H2,1-3H3. The first-order chi connectivity index (χ1) is 6.97. The fourth-order valence-corrected chi connectivity index (χ4v) is 2.27. The fraction of sp³-hybridized carbons (Fsp3) is 0.455. The molecule has 0 aliphatic carbocycles. The first-order valence-electron chi connectivity index (χ1n) is 4.70. The molecule has 0 aliphatic heterocycles. The minimum atomic E-state index is -0.476. The number of aliphatic hydroxyl groups is 1. The van der Waals surface area contributed by atoms with Gasteiger partial charge in [-0.25, -0.2) is 0 Å². The molecule has 0 saturated heterocycles. The van der Waals surface area contributed by atoms with E-state index in [1.54, 1.807) is 27.0 Å². The van der Waals surface area contributed by atoms with Gasteiger partial charge in [0, 0.05) is 12.0 Å². The van der Waals surface area contributed by atoms with Crippen molar-refractivity contribution in [3.63, 3.8) is 0 Å². The smallest absolute Gasteiger partial charge is 0.139 e. The Morgan fingerprint density at radius 1 is 1.53 bits per heavy atom. The number of halogens is 1. The van der Waals surface area contributed by atoms with Crippen LogP contribution in [0.25, 0.3) is 0 Å². The average Bonchev–Trinajstić information content (AvgIpc) is 2.14. The summed E-state index contributed by atoms with van der Waals surface area (Å²) in [5, 5.41) is 19.2. The van der Waals surface area contributed by atoms with Crippen molar-refractivity contribution in [1.82, 2.24) is 0 Å². The molecule has 84 valence electrons. The first-order valence-corrected chi connectivity index (χ1v) is 5.49. The number of rotatable bonds is 3. The van der Waals surface area contributed by atoms with Crippen LogP contribution in [0.2, 0.25) is 0 Å². The number of phenolic OH excluding ortho intramolecular Hbond substituents is 1. The third-order valence-corrected chi connectivity index (χ3v) is 2.83. The van der Waals surface area contributed by atoms with Crippen LogP contribution < -0.4 is 4.74 Å². The maximum atomic E-state index is 9.87. The molecule has 1 rings (SSSR count). The minimum Gasteiger partial charge on any atom is -0.507 e. The van der Waals surface area contributed by atoms with Gasteiger partial charge in [0.25, 0.3) is 0 Å². The first kappa shape index (κ1) is 12.3. The fourth-order valence-electron chi connectivity index (χ4n) is 1.54. The van der Waals surface area contributed by atoms with Gasteiger partial charge in [-0.05, 0) is 41.4 Å². The molecule has 1 aromatic rings. The van der Waals surface area contributed by atoms with Crippen molar-refractivity contribution in [2.45, 2.75) is 26.4 Å². The monoisotopic (exact) mass is 274 g/mol. The van der Waals surface area contributed by atoms with Gasteiger partial charge in [-0.3, -0.25) is 0 Å². The zero-order valence-corrected chi connectivity index (χ0v) is 10.6. The minimum absolute atomic E-state index is 0.191. The lowest BCUT2D eigenvalue weighted by atomic mass is 10.0. The van der Waals surface area contributed by atoms with Crippen LogP contribution in [0.1, 0.15) is 18.1 Å². The van der Waals surface area contributed by atoms with Crippen molar-refractivity contribution in [3.8, 4) is 11.5 Å². The van der Waals surface area contributed by atoms with Crippen LogP contribution in [0.4, 0.5) is 0 Å². The summed E-state index contributed by atoms with van der Waals surface area (Å²) in [6.45, 7) is 3.47. The quantitative estimate of drug-likeness (QED) is 0.890. The molecule has 1 unspecified atom stereocenters. The van der Waals surface area contributed by atoms with Gasteiger partial charge >= 0.3 is 0 Å². The van der Waals surface area contributed by atoms with Gasteiger partial charge in [0.2, 0.25) is 0 Å². The van der Waals surface area contributed by atoms with Gasteiger partial charge in [-0.2, -0.15) is 0 Å².